The molecule has 0 aromatic heterocycles. The Kier molecular flexibility index (Phi) is 6.90. The molecule has 140 valence electrons. The van der Waals surface area contributed by atoms with E-state index >= 15 is 0 Å². The molecule has 0 rings (SSSR count). The van der Waals surface area contributed by atoms with Crippen LogP contribution in [-0.2, 0) is 10.1 Å². The van der Waals surface area contributed by atoms with Crippen molar-refractivity contribution in [3.05, 3.63) is 0 Å². The first-order valence-corrected chi connectivity index (χ1v) is 5.82. The zero-order chi connectivity index (χ0) is 19.5. The van der Waals surface area contributed by atoms with Crippen LogP contribution in [0.15, 0.2) is 0 Å². The Balaban J connectivity index is 0. The Hall–Kier alpha value is -0.000000000000000444. The fourth-order valence-electron chi connectivity index (χ4n) is 0.912. The number of alkyl halides is 13. The summed E-state index contributed by atoms with van der Waals surface area (Å²) in [5, 5.41) is -7.63. The maximum absolute atomic E-state index is 12.7. The molecule has 0 spiro atoms. The first kappa shape index (κ1) is 26.2. The zero-order valence-corrected chi connectivity index (χ0v) is 13.4. The molecule has 0 unspecified atom stereocenters. The van der Waals surface area contributed by atoms with E-state index < -0.39 is 45.2 Å². The molecule has 0 N–H and O–H groups in total. The fraction of sp³-hybridized carbons (Fsp3) is 1.00. The molecule has 0 aromatic carbocycles. The second-order valence-electron chi connectivity index (χ2n) is 3.77. The summed E-state index contributed by atoms with van der Waals surface area (Å²) in [6, 6.07) is 0. The van der Waals surface area contributed by atoms with Gasteiger partial charge in [0.15, 0.2) is 10.1 Å². The third kappa shape index (κ3) is 3.33. The van der Waals surface area contributed by atoms with E-state index in [1.54, 1.807) is 0 Å². The molecule has 0 amide bonds. The molecule has 0 aliphatic carbocycles. The normalized spacial score (nSPS) is 15.9. The van der Waals surface area contributed by atoms with Crippen LogP contribution in [0, 0.1) is 0 Å². The molecule has 18 heteroatoms. The molecule has 0 bridgehead atoms. The van der Waals surface area contributed by atoms with Gasteiger partial charge in [-0.2, -0.15) is 57.1 Å². The molecule has 24 heavy (non-hydrogen) atoms. The third-order valence-corrected chi connectivity index (χ3v) is 3.10. The maximum atomic E-state index is 12.7. The van der Waals surface area contributed by atoms with E-state index in [1.807, 2.05) is 0 Å². The van der Waals surface area contributed by atoms with E-state index in [0.29, 0.717) is 0 Å². The van der Waals surface area contributed by atoms with Crippen molar-refractivity contribution in [1.82, 2.24) is 0 Å². The van der Waals surface area contributed by atoms with Crippen LogP contribution in [0.1, 0.15) is 0 Å². The smallest absolute Gasteiger partial charge is 0.743 e. The van der Waals surface area contributed by atoms with Gasteiger partial charge in [0.25, 0.3) is 0 Å². The molecule has 0 radical (unpaired) electrons. The molecular weight excluding hydrogens is 423 g/mol. The maximum Gasteiger partial charge on any atom is 1.00 e. The summed E-state index contributed by atoms with van der Waals surface area (Å²) in [5.74, 6) is -32.6. The molecular formula is C6F13NaO3S. The van der Waals surface area contributed by atoms with Gasteiger partial charge in [-0.15, -0.1) is 0 Å². The molecule has 0 fully saturated rings. The largest absolute Gasteiger partial charge is 1.00 e. The number of rotatable bonds is 5. The van der Waals surface area contributed by atoms with Gasteiger partial charge in [-0.1, -0.05) is 0 Å². The number of halogens is 13. The number of hydrogen-bond donors (Lipinski definition) is 0. The predicted octanol–water partition coefficient (Wildman–Crippen LogP) is 0.232. The Morgan fingerprint density at radius 2 is 0.792 bits per heavy atom. The Morgan fingerprint density at radius 1 is 0.542 bits per heavy atom. The van der Waals surface area contributed by atoms with E-state index in [1.165, 1.54) is 0 Å². The van der Waals surface area contributed by atoms with E-state index in [0.717, 1.165) is 0 Å². The Morgan fingerprint density at radius 3 is 1.00 bits per heavy atom. The van der Waals surface area contributed by atoms with Crippen LogP contribution in [0.5, 0.6) is 0 Å². The summed E-state index contributed by atoms with van der Waals surface area (Å²) in [7, 11) is -7.86. The summed E-state index contributed by atoms with van der Waals surface area (Å²) in [4.78, 5) is 0. The molecule has 0 atom stereocenters. The van der Waals surface area contributed by atoms with Crippen LogP contribution >= 0.6 is 0 Å². The van der Waals surface area contributed by atoms with Gasteiger partial charge in [0.1, 0.15) is 0 Å². The van der Waals surface area contributed by atoms with Gasteiger partial charge < -0.3 is 4.55 Å². The average Bonchev–Trinajstić information content (AvgIpc) is 2.24. The van der Waals surface area contributed by atoms with E-state index in [9.17, 15) is 70.0 Å². The number of hydrogen-bond acceptors (Lipinski definition) is 3. The molecule has 0 heterocycles. The van der Waals surface area contributed by atoms with Crippen LogP contribution in [-0.4, -0.2) is 48.1 Å². The van der Waals surface area contributed by atoms with Crippen LogP contribution in [0.4, 0.5) is 57.1 Å². The third-order valence-electron chi connectivity index (χ3n) is 2.22. The van der Waals surface area contributed by atoms with Crippen molar-refractivity contribution in [2.24, 2.45) is 0 Å². The molecule has 3 nitrogen and oxygen atoms in total. The standard InChI is InChI=1S/C6HF13O3S.Na/c7-1(8,3(11,12)5(15,16)17)2(9,10)4(13,14)6(18,19)23(20,21)22;/h(H,20,21,22);/q;+1/p-1/i6+1;. The van der Waals surface area contributed by atoms with Crippen molar-refractivity contribution in [2.45, 2.75) is 35.1 Å². The minimum absolute atomic E-state index is 0. The second-order valence-corrected chi connectivity index (χ2v) is 5.19. The fourth-order valence-corrected chi connectivity index (χ4v) is 1.35. The van der Waals surface area contributed by atoms with Gasteiger partial charge >= 0.3 is 64.7 Å². The summed E-state index contributed by atoms with van der Waals surface area (Å²) in [5.41, 5.74) is 0. The van der Waals surface area contributed by atoms with E-state index in [4.69, 9.17) is 0 Å². The van der Waals surface area contributed by atoms with Crippen molar-refractivity contribution in [2.75, 3.05) is 0 Å². The molecule has 0 aliphatic rings. The quantitative estimate of drug-likeness (QED) is 0.276. The van der Waals surface area contributed by atoms with Gasteiger partial charge in [0.05, 0.1) is 0 Å². The minimum atomic E-state index is -8.29. The van der Waals surface area contributed by atoms with Crippen molar-refractivity contribution in [1.29, 1.82) is 0 Å². The molecule has 0 aliphatic heterocycles. The van der Waals surface area contributed by atoms with Crippen molar-refractivity contribution >= 4 is 10.1 Å². The van der Waals surface area contributed by atoms with Crippen molar-refractivity contribution < 1.29 is 99.6 Å². The van der Waals surface area contributed by atoms with Gasteiger partial charge in [0.2, 0.25) is 0 Å². The Bertz CT molecular complexity index is 565. The zero-order valence-electron chi connectivity index (χ0n) is 10.5. The summed E-state index contributed by atoms with van der Waals surface area (Å²) < 4.78 is 189. The summed E-state index contributed by atoms with van der Waals surface area (Å²) in [6.07, 6.45) is -7.61. The topological polar surface area (TPSA) is 57.2 Å². The Labute approximate surface area is 145 Å². The van der Waals surface area contributed by atoms with Crippen LogP contribution in [0.2, 0.25) is 0 Å². The second kappa shape index (κ2) is 6.31. The summed E-state index contributed by atoms with van der Waals surface area (Å²) in [6.45, 7) is 0. The molecule has 0 saturated carbocycles. The molecule has 0 aromatic rings. The van der Waals surface area contributed by atoms with Gasteiger partial charge in [0, 0.05) is 0 Å². The van der Waals surface area contributed by atoms with Crippen molar-refractivity contribution in [3.8, 4) is 0 Å². The van der Waals surface area contributed by atoms with Crippen LogP contribution in [0.3, 0.4) is 0 Å². The van der Waals surface area contributed by atoms with E-state index in [-0.39, 0.29) is 29.6 Å². The van der Waals surface area contributed by atoms with Gasteiger partial charge in [-0.3, -0.25) is 0 Å². The minimum Gasteiger partial charge on any atom is -0.743 e. The monoisotopic (exact) mass is 423 g/mol. The average molecular weight is 423 g/mol. The first-order valence-electron chi connectivity index (χ1n) is 4.41. The van der Waals surface area contributed by atoms with E-state index in [2.05, 4.69) is 0 Å². The van der Waals surface area contributed by atoms with Crippen LogP contribution < -0.4 is 29.6 Å². The summed E-state index contributed by atoms with van der Waals surface area (Å²) >= 11 is 0. The van der Waals surface area contributed by atoms with Crippen LogP contribution in [0.25, 0.3) is 0 Å². The van der Waals surface area contributed by atoms with Gasteiger partial charge in [-0.05, 0) is 0 Å². The van der Waals surface area contributed by atoms with Gasteiger partial charge in [-0.25, -0.2) is 8.42 Å². The SMILES string of the molecule is O=S(=O)([O-])[13C](F)(F)C(F)(F)C(F)(F)C(F)(F)C(F)(F)C(F)(F)F.[Na+]. The van der Waals surface area contributed by atoms with Crippen molar-refractivity contribution in [3.63, 3.8) is 0 Å². The first-order chi connectivity index (χ1) is 9.50. The molecule has 0 saturated heterocycles. The predicted molar refractivity (Wildman–Crippen MR) is 40.5 cm³/mol.